The van der Waals surface area contributed by atoms with Gasteiger partial charge in [-0.05, 0) is 5.56 Å². The van der Waals surface area contributed by atoms with Crippen molar-refractivity contribution in [3.8, 4) is 0 Å². The lowest BCUT2D eigenvalue weighted by Crippen LogP contribution is -2.66. The number of hydrogen-bond acceptors (Lipinski definition) is 1. The molecule has 7 heteroatoms. The summed E-state index contributed by atoms with van der Waals surface area (Å²) in [6, 6.07) is 7.44. The molecule has 0 spiro atoms. The largest absolute Gasteiger partial charge is 0.427 e. The maximum atomic E-state index is 13.2. The van der Waals surface area contributed by atoms with Crippen molar-refractivity contribution in [2.75, 3.05) is 0 Å². The van der Waals surface area contributed by atoms with Crippen LogP contribution in [0.2, 0.25) is 0 Å². The molecule has 0 unspecified atom stereocenters. The third-order valence-corrected chi connectivity index (χ3v) is 3.15. The summed E-state index contributed by atoms with van der Waals surface area (Å²) in [6.45, 7) is 1.80. The maximum absolute atomic E-state index is 13.2. The normalized spacial score (nSPS) is 14.3. The Labute approximate surface area is 118 Å². The Morgan fingerprint density at radius 3 is 1.57 bits per heavy atom. The van der Waals surface area contributed by atoms with E-state index in [9.17, 15) is 26.3 Å². The van der Waals surface area contributed by atoms with Crippen molar-refractivity contribution in [3.63, 3.8) is 0 Å². The van der Waals surface area contributed by atoms with Gasteiger partial charge in [-0.3, -0.25) is 0 Å². The zero-order valence-corrected chi connectivity index (χ0v) is 11.8. The monoisotopic (exact) mass is 314 g/mol. The van der Waals surface area contributed by atoms with Crippen LogP contribution in [0.4, 0.5) is 26.3 Å². The standard InChI is InChI=1S/C14H16F6O/c1-11(2,3)12(13(15,16)17,14(18,19)20)21-9-10-7-5-4-6-8-10/h4-8H,9H2,1-3H3. The van der Waals surface area contributed by atoms with E-state index in [1.165, 1.54) is 24.3 Å². The molecule has 0 aliphatic rings. The molecule has 1 rings (SSSR count). The van der Waals surface area contributed by atoms with Gasteiger partial charge in [-0.2, -0.15) is 26.3 Å². The first-order chi connectivity index (χ1) is 9.33. The molecule has 0 N–H and O–H groups in total. The third-order valence-electron chi connectivity index (χ3n) is 3.15. The summed E-state index contributed by atoms with van der Waals surface area (Å²) in [6.07, 6.45) is -11.2. The second kappa shape index (κ2) is 5.51. The lowest BCUT2D eigenvalue weighted by atomic mass is 9.75. The van der Waals surface area contributed by atoms with Crippen molar-refractivity contribution in [1.82, 2.24) is 0 Å². The van der Waals surface area contributed by atoms with E-state index in [-0.39, 0.29) is 5.56 Å². The molecule has 0 fully saturated rings. The minimum absolute atomic E-state index is 0.236. The number of benzene rings is 1. The lowest BCUT2D eigenvalue weighted by molar-refractivity contribution is -0.413. The SMILES string of the molecule is CC(C)(C)C(OCc1ccccc1)(C(F)(F)F)C(F)(F)F. The molecule has 1 nitrogen and oxygen atoms in total. The summed E-state index contributed by atoms with van der Waals surface area (Å²) in [5.41, 5.74) is -6.21. The molecule has 1 aromatic carbocycles. The van der Waals surface area contributed by atoms with E-state index in [0.29, 0.717) is 0 Å². The van der Waals surface area contributed by atoms with Gasteiger partial charge in [0.05, 0.1) is 6.61 Å². The van der Waals surface area contributed by atoms with E-state index >= 15 is 0 Å². The molecular weight excluding hydrogens is 298 g/mol. The van der Waals surface area contributed by atoms with E-state index in [4.69, 9.17) is 0 Å². The van der Waals surface area contributed by atoms with Crippen LogP contribution in [-0.2, 0) is 11.3 Å². The predicted molar refractivity (Wildman–Crippen MR) is 65.5 cm³/mol. The molecule has 0 aromatic heterocycles. The van der Waals surface area contributed by atoms with Crippen LogP contribution in [0.5, 0.6) is 0 Å². The first-order valence-corrected chi connectivity index (χ1v) is 6.14. The van der Waals surface area contributed by atoms with Gasteiger partial charge < -0.3 is 4.74 Å². The molecule has 0 amide bonds. The highest BCUT2D eigenvalue weighted by Crippen LogP contribution is 2.55. The number of halogens is 6. The summed E-state index contributed by atoms with van der Waals surface area (Å²) in [5, 5.41) is 0. The van der Waals surface area contributed by atoms with Gasteiger partial charge in [0.15, 0.2) is 0 Å². The minimum atomic E-state index is -5.59. The van der Waals surface area contributed by atoms with Gasteiger partial charge in [-0.1, -0.05) is 51.1 Å². The van der Waals surface area contributed by atoms with Crippen molar-refractivity contribution in [3.05, 3.63) is 35.9 Å². The molecular formula is C14H16F6O. The molecule has 120 valence electrons. The van der Waals surface area contributed by atoms with Gasteiger partial charge in [0.2, 0.25) is 0 Å². The second-order valence-electron chi connectivity index (χ2n) is 5.70. The smallest absolute Gasteiger partial charge is 0.353 e. The summed E-state index contributed by atoms with van der Waals surface area (Å²) in [4.78, 5) is 0. The van der Waals surface area contributed by atoms with Crippen LogP contribution in [0.25, 0.3) is 0 Å². The van der Waals surface area contributed by atoms with Crippen LogP contribution in [-0.4, -0.2) is 18.0 Å². The van der Waals surface area contributed by atoms with E-state index in [2.05, 4.69) is 4.74 Å². The number of alkyl halides is 6. The van der Waals surface area contributed by atoms with Crippen LogP contribution in [0.1, 0.15) is 26.3 Å². The van der Waals surface area contributed by atoms with Gasteiger partial charge in [0.1, 0.15) is 0 Å². The molecule has 0 aliphatic carbocycles. The summed E-state index contributed by atoms with van der Waals surface area (Å²) < 4.78 is 83.8. The van der Waals surface area contributed by atoms with E-state index in [0.717, 1.165) is 20.8 Å². The average molecular weight is 314 g/mol. The number of ether oxygens (including phenoxy) is 1. The Morgan fingerprint density at radius 2 is 1.24 bits per heavy atom. The second-order valence-corrected chi connectivity index (χ2v) is 5.70. The van der Waals surface area contributed by atoms with Gasteiger partial charge in [-0.25, -0.2) is 0 Å². The first-order valence-electron chi connectivity index (χ1n) is 6.14. The van der Waals surface area contributed by atoms with E-state index < -0.39 is 30.0 Å². The highest BCUT2D eigenvalue weighted by Gasteiger charge is 2.77. The summed E-state index contributed by atoms with van der Waals surface area (Å²) >= 11 is 0. The van der Waals surface area contributed by atoms with Crippen LogP contribution in [0, 0.1) is 5.41 Å². The number of rotatable bonds is 3. The molecule has 21 heavy (non-hydrogen) atoms. The average Bonchev–Trinajstić information content (AvgIpc) is 2.25. The Balaban J connectivity index is 3.25. The summed E-state index contributed by atoms with van der Waals surface area (Å²) in [5.74, 6) is 0. The maximum Gasteiger partial charge on any atom is 0.427 e. The lowest BCUT2D eigenvalue weighted by Gasteiger charge is -2.45. The third kappa shape index (κ3) is 3.33. The fraction of sp³-hybridized carbons (Fsp3) is 0.571. The predicted octanol–water partition coefficient (Wildman–Crippen LogP) is 5.11. The van der Waals surface area contributed by atoms with Crippen molar-refractivity contribution >= 4 is 0 Å². The molecule has 0 aliphatic heterocycles. The molecule has 0 bridgehead atoms. The van der Waals surface area contributed by atoms with Gasteiger partial charge >= 0.3 is 12.4 Å². The molecule has 0 radical (unpaired) electrons. The Kier molecular flexibility index (Phi) is 4.68. The van der Waals surface area contributed by atoms with Crippen molar-refractivity contribution < 1.29 is 31.1 Å². The van der Waals surface area contributed by atoms with Crippen molar-refractivity contribution in [1.29, 1.82) is 0 Å². The Hall–Kier alpha value is -1.24. The fourth-order valence-corrected chi connectivity index (χ4v) is 2.16. The van der Waals surface area contributed by atoms with E-state index in [1.807, 2.05) is 0 Å². The highest BCUT2D eigenvalue weighted by atomic mass is 19.4. The zero-order chi connectivity index (χ0) is 16.5. The van der Waals surface area contributed by atoms with Crippen LogP contribution in [0.15, 0.2) is 30.3 Å². The Morgan fingerprint density at radius 1 is 0.810 bits per heavy atom. The minimum Gasteiger partial charge on any atom is -0.353 e. The first kappa shape index (κ1) is 17.8. The fourth-order valence-electron chi connectivity index (χ4n) is 2.16. The van der Waals surface area contributed by atoms with Crippen LogP contribution in [0.3, 0.4) is 0 Å². The van der Waals surface area contributed by atoms with Crippen LogP contribution < -0.4 is 0 Å². The van der Waals surface area contributed by atoms with Crippen molar-refractivity contribution in [2.45, 2.75) is 45.3 Å². The molecule has 0 saturated carbocycles. The van der Waals surface area contributed by atoms with Gasteiger partial charge in [-0.15, -0.1) is 0 Å². The Bertz CT molecular complexity index is 419. The van der Waals surface area contributed by atoms with E-state index in [1.54, 1.807) is 6.07 Å². The van der Waals surface area contributed by atoms with Gasteiger partial charge in [0.25, 0.3) is 5.60 Å². The zero-order valence-electron chi connectivity index (χ0n) is 11.8. The quantitative estimate of drug-likeness (QED) is 0.704. The van der Waals surface area contributed by atoms with Crippen LogP contribution >= 0.6 is 0 Å². The molecule has 0 heterocycles. The molecule has 0 atom stereocenters. The van der Waals surface area contributed by atoms with Gasteiger partial charge in [0, 0.05) is 5.41 Å². The molecule has 0 saturated heterocycles. The summed E-state index contributed by atoms with van der Waals surface area (Å²) in [7, 11) is 0. The molecule has 1 aromatic rings. The number of hydrogen-bond donors (Lipinski definition) is 0. The van der Waals surface area contributed by atoms with Crippen molar-refractivity contribution in [2.24, 2.45) is 5.41 Å². The topological polar surface area (TPSA) is 9.23 Å². The highest BCUT2D eigenvalue weighted by molar-refractivity contribution is 5.14.